The van der Waals surface area contributed by atoms with Crippen LogP contribution < -0.4 is 11.1 Å². The molecule has 0 spiro atoms. The number of hydrogen-bond donors (Lipinski definition) is 2. The fourth-order valence-electron chi connectivity index (χ4n) is 1.79. The van der Waals surface area contributed by atoms with Crippen molar-refractivity contribution in [2.24, 2.45) is 10.7 Å². The highest BCUT2D eigenvalue weighted by Crippen LogP contribution is 2.22. The van der Waals surface area contributed by atoms with Gasteiger partial charge >= 0.3 is 0 Å². The van der Waals surface area contributed by atoms with Gasteiger partial charge < -0.3 is 15.5 Å². The molecular weight excluding hydrogens is 391 g/mol. The largest absolute Gasteiger partial charge is 0.443 e. The van der Waals surface area contributed by atoms with Crippen molar-refractivity contribution in [3.05, 3.63) is 47.7 Å². The molecule has 6 heteroatoms. The normalized spacial score (nSPS) is 11.9. The summed E-state index contributed by atoms with van der Waals surface area (Å²) in [4.78, 5) is 8.46. The van der Waals surface area contributed by atoms with E-state index in [2.05, 4.69) is 36.1 Å². The van der Waals surface area contributed by atoms with Gasteiger partial charge in [0.1, 0.15) is 12.3 Å². The first kappa shape index (κ1) is 18.5. The summed E-state index contributed by atoms with van der Waals surface area (Å²) in [7, 11) is 0. The Hall–Kier alpha value is -1.57. The van der Waals surface area contributed by atoms with Crippen LogP contribution in [0.15, 0.2) is 39.9 Å². The van der Waals surface area contributed by atoms with Crippen molar-refractivity contribution in [1.29, 1.82) is 0 Å². The number of anilines is 1. The molecule has 0 fully saturated rings. The van der Waals surface area contributed by atoms with Crippen molar-refractivity contribution in [3.63, 3.8) is 0 Å². The molecule has 0 saturated heterocycles. The van der Waals surface area contributed by atoms with Crippen molar-refractivity contribution < 1.29 is 4.42 Å². The molecule has 5 nitrogen and oxygen atoms in total. The van der Waals surface area contributed by atoms with Gasteiger partial charge in [0.15, 0.2) is 5.96 Å². The van der Waals surface area contributed by atoms with E-state index in [1.54, 1.807) is 6.20 Å². The zero-order valence-electron chi connectivity index (χ0n) is 13.4. The zero-order chi connectivity index (χ0) is 15.5. The number of aliphatic imine (C=N–C) groups is 1. The van der Waals surface area contributed by atoms with Crippen LogP contribution in [0.4, 0.5) is 5.69 Å². The van der Waals surface area contributed by atoms with Crippen molar-refractivity contribution in [2.75, 3.05) is 5.32 Å². The second kappa shape index (κ2) is 7.62. The minimum Gasteiger partial charge on any atom is -0.443 e. The van der Waals surface area contributed by atoms with Crippen molar-refractivity contribution in [1.82, 2.24) is 4.98 Å². The third-order valence-corrected chi connectivity index (χ3v) is 2.97. The molecule has 0 atom stereocenters. The highest BCUT2D eigenvalue weighted by atomic mass is 127. The molecule has 0 radical (unpaired) electrons. The summed E-state index contributed by atoms with van der Waals surface area (Å²) in [5.41, 5.74) is 7.89. The van der Waals surface area contributed by atoms with Gasteiger partial charge in [-0.05, 0) is 24.6 Å². The Kier molecular flexibility index (Phi) is 6.40. The van der Waals surface area contributed by atoms with E-state index >= 15 is 0 Å². The van der Waals surface area contributed by atoms with Gasteiger partial charge in [-0.3, -0.25) is 0 Å². The van der Waals surface area contributed by atoms with E-state index in [0.717, 1.165) is 17.0 Å². The van der Waals surface area contributed by atoms with Crippen LogP contribution in [0.25, 0.3) is 0 Å². The van der Waals surface area contributed by atoms with Gasteiger partial charge in [0.2, 0.25) is 5.89 Å². The highest BCUT2D eigenvalue weighted by molar-refractivity contribution is 14.0. The maximum absolute atomic E-state index is 5.87. The minimum atomic E-state index is -0.0552. The minimum absolute atomic E-state index is 0. The third kappa shape index (κ3) is 5.32. The van der Waals surface area contributed by atoms with Crippen molar-refractivity contribution >= 4 is 35.6 Å². The molecule has 0 unspecified atom stereocenters. The third-order valence-electron chi connectivity index (χ3n) is 2.97. The summed E-state index contributed by atoms with van der Waals surface area (Å²) < 4.78 is 5.67. The highest BCUT2D eigenvalue weighted by Gasteiger charge is 2.18. The smallest absolute Gasteiger partial charge is 0.216 e. The number of aromatic nitrogens is 1. The van der Waals surface area contributed by atoms with Crippen LogP contribution in [0.1, 0.15) is 38.0 Å². The van der Waals surface area contributed by atoms with Gasteiger partial charge in [0.25, 0.3) is 0 Å². The van der Waals surface area contributed by atoms with E-state index < -0.39 is 0 Å². The number of aryl methyl sites for hydroxylation is 1. The molecule has 1 aromatic heterocycles. The molecule has 0 bridgehead atoms. The van der Waals surface area contributed by atoms with E-state index in [0.29, 0.717) is 18.4 Å². The Morgan fingerprint density at radius 1 is 1.36 bits per heavy atom. The summed E-state index contributed by atoms with van der Waals surface area (Å²) in [6.45, 7) is 8.58. The standard InChI is InChI=1S/C16H22N4O.HI/c1-11-6-5-7-12(8-11)20-15(17)19-10-14-18-9-13(21-14)16(2,3)4;/h5-9H,10H2,1-4H3,(H3,17,19,20);1H. The number of nitrogens with two attached hydrogens (primary N) is 1. The fraction of sp³-hybridized carbons (Fsp3) is 0.375. The molecule has 0 amide bonds. The monoisotopic (exact) mass is 414 g/mol. The molecule has 1 heterocycles. The van der Waals surface area contributed by atoms with Gasteiger partial charge in [-0.2, -0.15) is 0 Å². The summed E-state index contributed by atoms with van der Waals surface area (Å²) in [6, 6.07) is 7.94. The van der Waals surface area contributed by atoms with E-state index in [1.807, 2.05) is 31.2 Å². The van der Waals surface area contributed by atoms with Crippen molar-refractivity contribution in [2.45, 2.75) is 39.7 Å². The lowest BCUT2D eigenvalue weighted by Gasteiger charge is -2.12. The predicted octanol–water partition coefficient (Wildman–Crippen LogP) is 3.83. The van der Waals surface area contributed by atoms with Gasteiger partial charge in [0.05, 0.1) is 6.20 Å². The van der Waals surface area contributed by atoms with Crippen LogP contribution in [0.2, 0.25) is 0 Å². The van der Waals surface area contributed by atoms with Crippen LogP contribution in [-0.4, -0.2) is 10.9 Å². The maximum Gasteiger partial charge on any atom is 0.216 e. The zero-order valence-corrected chi connectivity index (χ0v) is 15.7. The van der Waals surface area contributed by atoms with Crippen molar-refractivity contribution in [3.8, 4) is 0 Å². The number of oxazole rings is 1. The van der Waals surface area contributed by atoms with Crippen LogP contribution in [0.3, 0.4) is 0 Å². The summed E-state index contributed by atoms with van der Waals surface area (Å²) >= 11 is 0. The molecule has 0 aliphatic heterocycles. The molecule has 0 saturated carbocycles. The number of hydrogen-bond acceptors (Lipinski definition) is 3. The van der Waals surface area contributed by atoms with Crippen LogP contribution in [0.5, 0.6) is 0 Å². The summed E-state index contributed by atoms with van der Waals surface area (Å²) in [5, 5.41) is 3.05. The van der Waals surface area contributed by atoms with E-state index in [9.17, 15) is 0 Å². The SMILES string of the molecule is Cc1cccc(NC(N)=NCc2ncc(C(C)(C)C)o2)c1.I. The first-order valence-electron chi connectivity index (χ1n) is 6.93. The molecule has 3 N–H and O–H groups in total. The second-order valence-corrected chi connectivity index (χ2v) is 6.06. The molecule has 1 aromatic carbocycles. The second-order valence-electron chi connectivity index (χ2n) is 6.06. The Balaban J connectivity index is 0.00000242. The molecule has 0 aliphatic carbocycles. The molecule has 22 heavy (non-hydrogen) atoms. The van der Waals surface area contributed by atoms with Gasteiger partial charge in [-0.15, -0.1) is 24.0 Å². The number of benzene rings is 1. The topological polar surface area (TPSA) is 76.4 Å². The molecule has 2 rings (SSSR count). The number of nitrogens with one attached hydrogen (secondary N) is 1. The van der Waals surface area contributed by atoms with E-state index in [1.165, 1.54) is 0 Å². The molecule has 0 aliphatic rings. The Morgan fingerprint density at radius 3 is 2.68 bits per heavy atom. The Labute approximate surface area is 148 Å². The summed E-state index contributed by atoms with van der Waals surface area (Å²) in [6.07, 6.45) is 1.75. The van der Waals surface area contributed by atoms with Crippen LogP contribution in [-0.2, 0) is 12.0 Å². The average molecular weight is 414 g/mol. The number of guanidine groups is 1. The van der Waals surface area contributed by atoms with Gasteiger partial charge in [-0.1, -0.05) is 32.9 Å². The number of halogens is 1. The molecular formula is C16H23IN4O. The quantitative estimate of drug-likeness (QED) is 0.455. The predicted molar refractivity (Wildman–Crippen MR) is 101 cm³/mol. The first-order valence-corrected chi connectivity index (χ1v) is 6.93. The lowest BCUT2D eigenvalue weighted by molar-refractivity contribution is 0.383. The van der Waals surface area contributed by atoms with E-state index in [4.69, 9.17) is 10.2 Å². The first-order chi connectivity index (χ1) is 9.84. The molecule has 2 aromatic rings. The lowest BCUT2D eigenvalue weighted by Crippen LogP contribution is -2.22. The summed E-state index contributed by atoms with van der Waals surface area (Å²) in [5.74, 6) is 1.75. The maximum atomic E-state index is 5.87. The van der Waals surface area contributed by atoms with Gasteiger partial charge in [-0.25, -0.2) is 9.98 Å². The fourth-order valence-corrected chi connectivity index (χ4v) is 1.79. The number of nitrogens with zero attached hydrogens (tertiary/aromatic N) is 2. The Morgan fingerprint density at radius 2 is 2.09 bits per heavy atom. The lowest BCUT2D eigenvalue weighted by atomic mass is 9.94. The average Bonchev–Trinajstić information content (AvgIpc) is 2.85. The molecule has 120 valence electrons. The van der Waals surface area contributed by atoms with E-state index in [-0.39, 0.29) is 29.4 Å². The Bertz CT molecular complexity index is 644. The van der Waals surface area contributed by atoms with Crippen LogP contribution in [0, 0.1) is 6.92 Å². The van der Waals surface area contributed by atoms with Gasteiger partial charge in [0, 0.05) is 11.1 Å². The number of rotatable bonds is 3. The van der Waals surface area contributed by atoms with Crippen LogP contribution >= 0.6 is 24.0 Å².